The van der Waals surface area contributed by atoms with Gasteiger partial charge in [-0.25, -0.2) is 0 Å². The summed E-state index contributed by atoms with van der Waals surface area (Å²) in [5, 5.41) is 3.57. The average Bonchev–Trinajstić information content (AvgIpc) is 2.90. The van der Waals surface area contributed by atoms with Crippen LogP contribution in [0.3, 0.4) is 0 Å². The molecule has 0 amide bonds. The number of para-hydroxylation sites is 1. The summed E-state index contributed by atoms with van der Waals surface area (Å²) in [7, 11) is 1.73. The van der Waals surface area contributed by atoms with Gasteiger partial charge < -0.3 is 14.8 Å². The summed E-state index contributed by atoms with van der Waals surface area (Å²) in [5.41, 5.74) is 3.75. The van der Waals surface area contributed by atoms with E-state index in [1.165, 1.54) is 16.7 Å². The first-order valence-corrected chi connectivity index (χ1v) is 6.89. The number of fused-ring (bicyclic) bond motifs is 1. The molecular formula is C17H19NO2. The number of rotatable bonds is 5. The Balaban J connectivity index is 1.69. The van der Waals surface area contributed by atoms with Crippen molar-refractivity contribution in [2.75, 3.05) is 13.7 Å². The molecular weight excluding hydrogens is 250 g/mol. The van der Waals surface area contributed by atoms with E-state index in [2.05, 4.69) is 35.6 Å². The Kier molecular flexibility index (Phi) is 4.00. The van der Waals surface area contributed by atoms with E-state index in [9.17, 15) is 0 Å². The molecule has 0 radical (unpaired) electrons. The van der Waals surface area contributed by atoms with E-state index in [-0.39, 0.29) is 6.04 Å². The quantitative estimate of drug-likeness (QED) is 0.905. The summed E-state index contributed by atoms with van der Waals surface area (Å²) >= 11 is 0. The van der Waals surface area contributed by atoms with Crippen molar-refractivity contribution < 1.29 is 9.47 Å². The van der Waals surface area contributed by atoms with E-state index in [1.807, 2.05) is 18.2 Å². The van der Waals surface area contributed by atoms with Crippen molar-refractivity contribution in [3.05, 3.63) is 65.2 Å². The molecule has 20 heavy (non-hydrogen) atoms. The van der Waals surface area contributed by atoms with Gasteiger partial charge in [-0.05, 0) is 17.2 Å². The topological polar surface area (TPSA) is 30.5 Å². The van der Waals surface area contributed by atoms with Crippen molar-refractivity contribution in [1.82, 2.24) is 5.32 Å². The molecule has 3 nitrogen and oxygen atoms in total. The van der Waals surface area contributed by atoms with Crippen LogP contribution in [0.2, 0.25) is 0 Å². The maximum atomic E-state index is 5.69. The number of hydrogen-bond donors (Lipinski definition) is 1. The summed E-state index contributed by atoms with van der Waals surface area (Å²) in [5.74, 6) is 0.996. The highest BCUT2D eigenvalue weighted by Gasteiger charge is 2.22. The number of methoxy groups -OCH3 is 1. The minimum Gasteiger partial charge on any atom is -0.491 e. The third-order valence-corrected chi connectivity index (χ3v) is 3.66. The molecule has 0 spiro atoms. The first-order valence-electron chi connectivity index (χ1n) is 6.89. The molecule has 0 aliphatic carbocycles. The molecule has 0 saturated heterocycles. The van der Waals surface area contributed by atoms with Crippen LogP contribution < -0.4 is 10.1 Å². The van der Waals surface area contributed by atoms with Crippen LogP contribution in [0.1, 0.15) is 22.7 Å². The number of benzene rings is 2. The predicted molar refractivity (Wildman–Crippen MR) is 78.7 cm³/mol. The third kappa shape index (κ3) is 2.69. The lowest BCUT2D eigenvalue weighted by Crippen LogP contribution is -2.22. The molecule has 0 saturated carbocycles. The second-order valence-corrected chi connectivity index (χ2v) is 4.98. The molecule has 1 heterocycles. The van der Waals surface area contributed by atoms with Gasteiger partial charge in [0.05, 0.1) is 12.6 Å². The van der Waals surface area contributed by atoms with E-state index >= 15 is 0 Å². The Morgan fingerprint density at radius 2 is 1.85 bits per heavy atom. The van der Waals surface area contributed by atoms with Gasteiger partial charge in [-0.3, -0.25) is 0 Å². The van der Waals surface area contributed by atoms with Crippen molar-refractivity contribution in [2.45, 2.75) is 19.2 Å². The molecule has 1 unspecified atom stereocenters. The van der Waals surface area contributed by atoms with Crippen LogP contribution in [0.25, 0.3) is 0 Å². The molecule has 1 aliphatic heterocycles. The highest BCUT2D eigenvalue weighted by Crippen LogP contribution is 2.31. The van der Waals surface area contributed by atoms with Gasteiger partial charge in [-0.15, -0.1) is 0 Å². The van der Waals surface area contributed by atoms with Gasteiger partial charge in [0.15, 0.2) is 0 Å². The van der Waals surface area contributed by atoms with Crippen molar-refractivity contribution in [3.63, 3.8) is 0 Å². The molecule has 1 aliphatic rings. The lowest BCUT2D eigenvalue weighted by Gasteiger charge is -2.14. The largest absolute Gasteiger partial charge is 0.491 e. The van der Waals surface area contributed by atoms with Crippen LogP contribution in [0.15, 0.2) is 48.5 Å². The fourth-order valence-corrected chi connectivity index (χ4v) is 2.59. The molecule has 0 fully saturated rings. The van der Waals surface area contributed by atoms with Crippen molar-refractivity contribution in [3.8, 4) is 5.75 Å². The standard InChI is InChI=1S/C17H19NO2/c1-19-11-14-7-3-2-6-13(14)10-18-16-12-20-17-9-5-4-8-15(16)17/h2-9,16,18H,10-12H2,1H3. The maximum absolute atomic E-state index is 5.69. The highest BCUT2D eigenvalue weighted by atomic mass is 16.5. The SMILES string of the molecule is COCc1ccccc1CNC1COc2ccccc21. The van der Waals surface area contributed by atoms with Crippen LogP contribution in [-0.2, 0) is 17.9 Å². The Morgan fingerprint density at radius 1 is 1.10 bits per heavy atom. The van der Waals surface area contributed by atoms with Gasteiger partial charge in [-0.2, -0.15) is 0 Å². The zero-order chi connectivity index (χ0) is 13.8. The van der Waals surface area contributed by atoms with Crippen molar-refractivity contribution in [2.24, 2.45) is 0 Å². The second-order valence-electron chi connectivity index (χ2n) is 4.98. The minimum atomic E-state index is 0.266. The van der Waals surface area contributed by atoms with Gasteiger partial charge in [0, 0.05) is 19.2 Å². The van der Waals surface area contributed by atoms with Gasteiger partial charge >= 0.3 is 0 Å². The molecule has 1 atom stereocenters. The molecule has 3 rings (SSSR count). The van der Waals surface area contributed by atoms with E-state index in [1.54, 1.807) is 7.11 Å². The van der Waals surface area contributed by atoms with E-state index < -0.39 is 0 Å². The number of ether oxygens (including phenoxy) is 2. The second kappa shape index (κ2) is 6.07. The zero-order valence-electron chi connectivity index (χ0n) is 11.6. The van der Waals surface area contributed by atoms with E-state index in [0.717, 1.165) is 12.3 Å². The summed E-state index contributed by atoms with van der Waals surface area (Å²) in [4.78, 5) is 0. The third-order valence-electron chi connectivity index (χ3n) is 3.66. The fourth-order valence-electron chi connectivity index (χ4n) is 2.59. The Bertz CT molecular complexity index is 583. The summed E-state index contributed by atoms with van der Waals surface area (Å²) in [6.07, 6.45) is 0. The van der Waals surface area contributed by atoms with Gasteiger partial charge in [0.25, 0.3) is 0 Å². The van der Waals surface area contributed by atoms with Crippen molar-refractivity contribution in [1.29, 1.82) is 0 Å². The minimum absolute atomic E-state index is 0.266. The Morgan fingerprint density at radius 3 is 2.70 bits per heavy atom. The van der Waals surface area contributed by atoms with Gasteiger partial charge in [0.1, 0.15) is 12.4 Å². The molecule has 0 bridgehead atoms. The zero-order valence-corrected chi connectivity index (χ0v) is 11.6. The maximum Gasteiger partial charge on any atom is 0.124 e. The first kappa shape index (κ1) is 13.2. The molecule has 1 N–H and O–H groups in total. The molecule has 3 heteroatoms. The van der Waals surface area contributed by atoms with Gasteiger partial charge in [0.2, 0.25) is 0 Å². The number of nitrogens with one attached hydrogen (secondary N) is 1. The number of hydrogen-bond acceptors (Lipinski definition) is 3. The van der Waals surface area contributed by atoms with Crippen LogP contribution in [-0.4, -0.2) is 13.7 Å². The lowest BCUT2D eigenvalue weighted by molar-refractivity contribution is 0.184. The van der Waals surface area contributed by atoms with Crippen LogP contribution in [0, 0.1) is 0 Å². The summed E-state index contributed by atoms with van der Waals surface area (Å²) in [6.45, 7) is 2.17. The smallest absolute Gasteiger partial charge is 0.124 e. The van der Waals surface area contributed by atoms with Crippen LogP contribution >= 0.6 is 0 Å². The van der Waals surface area contributed by atoms with Crippen LogP contribution in [0.4, 0.5) is 0 Å². The van der Waals surface area contributed by atoms with E-state index in [0.29, 0.717) is 13.2 Å². The average molecular weight is 269 g/mol. The molecule has 2 aromatic rings. The normalized spacial score (nSPS) is 16.8. The van der Waals surface area contributed by atoms with Gasteiger partial charge in [-0.1, -0.05) is 42.5 Å². The summed E-state index contributed by atoms with van der Waals surface area (Å²) < 4.78 is 10.9. The van der Waals surface area contributed by atoms with Crippen molar-refractivity contribution >= 4 is 0 Å². The molecule has 104 valence electrons. The Labute approximate surface area is 119 Å². The molecule has 0 aromatic heterocycles. The Hall–Kier alpha value is -1.84. The first-order chi connectivity index (χ1) is 9.88. The monoisotopic (exact) mass is 269 g/mol. The summed E-state index contributed by atoms with van der Waals surface area (Å²) in [6, 6.07) is 16.8. The molecule has 2 aromatic carbocycles. The fraction of sp³-hybridized carbons (Fsp3) is 0.294. The van der Waals surface area contributed by atoms with E-state index in [4.69, 9.17) is 9.47 Å². The van der Waals surface area contributed by atoms with Crippen LogP contribution in [0.5, 0.6) is 5.75 Å². The lowest BCUT2D eigenvalue weighted by atomic mass is 10.1. The predicted octanol–water partition coefficient (Wildman–Crippen LogP) is 3.06. The highest BCUT2D eigenvalue weighted by molar-refractivity contribution is 5.39.